The standard InChI is InChI=1S/C27H31N3O6/c1-32-22-12-17(10-11-26(31)30-21-9-7-6-8-20(21)28)13-23(33-2)19(22)16-29-18-14-24(34-3)27(36-5)25(15-18)35-4/h6-15,29H,16,28H2,1-5H3,(H,30,31)/b11-10+. The van der Waals surface area contributed by atoms with Crippen LogP contribution in [0.25, 0.3) is 6.08 Å². The molecule has 3 rings (SSSR count). The number of carbonyl (C=O) groups is 1. The van der Waals surface area contributed by atoms with Crippen molar-refractivity contribution in [2.75, 3.05) is 51.9 Å². The van der Waals surface area contributed by atoms with Crippen molar-refractivity contribution >= 4 is 29.0 Å². The van der Waals surface area contributed by atoms with E-state index in [1.54, 1.807) is 65.9 Å². The minimum absolute atomic E-state index is 0.307. The van der Waals surface area contributed by atoms with Crippen molar-refractivity contribution in [1.82, 2.24) is 0 Å². The van der Waals surface area contributed by atoms with E-state index in [-0.39, 0.29) is 5.91 Å². The molecule has 0 atom stereocenters. The van der Waals surface area contributed by atoms with Crippen LogP contribution in [0.1, 0.15) is 11.1 Å². The highest BCUT2D eigenvalue weighted by atomic mass is 16.5. The molecule has 0 heterocycles. The summed E-state index contributed by atoms with van der Waals surface area (Å²) in [6, 6.07) is 14.4. The number of nitrogens with one attached hydrogen (secondary N) is 2. The molecule has 3 aromatic carbocycles. The van der Waals surface area contributed by atoms with Gasteiger partial charge in [0.2, 0.25) is 11.7 Å². The maximum Gasteiger partial charge on any atom is 0.248 e. The predicted octanol–water partition coefficient (Wildman–Crippen LogP) is 4.58. The summed E-state index contributed by atoms with van der Waals surface area (Å²) in [5.74, 6) is 2.47. The van der Waals surface area contributed by atoms with Gasteiger partial charge in [0.1, 0.15) is 11.5 Å². The number of amides is 1. The van der Waals surface area contributed by atoms with E-state index in [0.717, 1.165) is 16.8 Å². The average molecular weight is 494 g/mol. The third kappa shape index (κ3) is 6.12. The molecule has 0 spiro atoms. The molecule has 3 aromatic rings. The van der Waals surface area contributed by atoms with Crippen LogP contribution < -0.4 is 40.1 Å². The Hall–Kier alpha value is -4.53. The minimum atomic E-state index is -0.307. The molecule has 0 bridgehead atoms. The smallest absolute Gasteiger partial charge is 0.248 e. The van der Waals surface area contributed by atoms with Gasteiger partial charge in [-0.25, -0.2) is 0 Å². The molecule has 0 fully saturated rings. The van der Waals surface area contributed by atoms with Crippen LogP contribution in [-0.2, 0) is 11.3 Å². The highest BCUT2D eigenvalue weighted by molar-refractivity contribution is 6.03. The molecule has 9 nitrogen and oxygen atoms in total. The Balaban J connectivity index is 1.81. The number of methoxy groups -OCH3 is 5. The van der Waals surface area contributed by atoms with Gasteiger partial charge in [-0.2, -0.15) is 0 Å². The number of hydrogen-bond acceptors (Lipinski definition) is 8. The van der Waals surface area contributed by atoms with Gasteiger partial charge >= 0.3 is 0 Å². The molecule has 0 aliphatic heterocycles. The van der Waals surface area contributed by atoms with Gasteiger partial charge in [-0.05, 0) is 35.9 Å². The quantitative estimate of drug-likeness (QED) is 0.263. The number of rotatable bonds is 11. The Morgan fingerprint density at radius 2 is 1.42 bits per heavy atom. The predicted molar refractivity (Wildman–Crippen MR) is 141 cm³/mol. The van der Waals surface area contributed by atoms with Crippen LogP contribution in [0.2, 0.25) is 0 Å². The van der Waals surface area contributed by atoms with E-state index in [0.29, 0.717) is 46.7 Å². The number of ether oxygens (including phenoxy) is 5. The molecule has 190 valence electrons. The SMILES string of the molecule is COc1cc(/C=C/C(=O)Nc2ccccc2N)cc(OC)c1CNc1cc(OC)c(OC)c(OC)c1. The summed E-state index contributed by atoms with van der Waals surface area (Å²) < 4.78 is 27.5. The second-order valence-electron chi connectivity index (χ2n) is 7.58. The minimum Gasteiger partial charge on any atom is -0.496 e. The number of carbonyl (C=O) groups excluding carboxylic acids is 1. The lowest BCUT2D eigenvalue weighted by Gasteiger charge is -2.18. The summed E-state index contributed by atoms with van der Waals surface area (Å²) >= 11 is 0. The van der Waals surface area contributed by atoms with Crippen molar-refractivity contribution in [3.05, 3.63) is 65.7 Å². The summed E-state index contributed by atoms with van der Waals surface area (Å²) in [4.78, 5) is 12.4. The van der Waals surface area contributed by atoms with E-state index in [9.17, 15) is 4.79 Å². The molecule has 0 aliphatic carbocycles. The Morgan fingerprint density at radius 3 is 1.94 bits per heavy atom. The first kappa shape index (κ1) is 26.1. The Bertz CT molecular complexity index is 1190. The fourth-order valence-electron chi connectivity index (χ4n) is 3.61. The van der Waals surface area contributed by atoms with Crippen LogP contribution in [0.15, 0.2) is 54.6 Å². The molecule has 1 amide bonds. The van der Waals surface area contributed by atoms with Gasteiger partial charge in [0.25, 0.3) is 0 Å². The highest BCUT2D eigenvalue weighted by Crippen LogP contribution is 2.40. The number of anilines is 3. The lowest BCUT2D eigenvalue weighted by molar-refractivity contribution is -0.111. The van der Waals surface area contributed by atoms with Gasteiger partial charge in [-0.15, -0.1) is 0 Å². The summed E-state index contributed by atoms with van der Waals surface area (Å²) in [5.41, 5.74) is 9.22. The summed E-state index contributed by atoms with van der Waals surface area (Å²) in [6.07, 6.45) is 3.10. The number of hydrogen-bond donors (Lipinski definition) is 3. The van der Waals surface area contributed by atoms with Crippen molar-refractivity contribution in [1.29, 1.82) is 0 Å². The third-order valence-electron chi connectivity index (χ3n) is 5.41. The molecular formula is C27H31N3O6. The number of nitrogens with two attached hydrogens (primary N) is 1. The van der Waals surface area contributed by atoms with Crippen LogP contribution >= 0.6 is 0 Å². The zero-order chi connectivity index (χ0) is 26.1. The Morgan fingerprint density at radius 1 is 0.833 bits per heavy atom. The van der Waals surface area contributed by atoms with Gasteiger partial charge < -0.3 is 40.1 Å². The monoisotopic (exact) mass is 493 g/mol. The van der Waals surface area contributed by atoms with E-state index < -0.39 is 0 Å². The Labute approximate surface area is 210 Å². The lowest BCUT2D eigenvalue weighted by Crippen LogP contribution is -2.09. The van der Waals surface area contributed by atoms with Crippen LogP contribution in [0, 0.1) is 0 Å². The van der Waals surface area contributed by atoms with Gasteiger partial charge in [-0.3, -0.25) is 4.79 Å². The van der Waals surface area contributed by atoms with E-state index in [1.807, 2.05) is 24.3 Å². The van der Waals surface area contributed by atoms with Crippen molar-refractivity contribution in [3.8, 4) is 28.7 Å². The van der Waals surface area contributed by atoms with Gasteiger partial charge in [0.15, 0.2) is 11.5 Å². The molecule has 0 unspecified atom stereocenters. The maximum atomic E-state index is 12.4. The number of para-hydroxylation sites is 2. The fourth-order valence-corrected chi connectivity index (χ4v) is 3.61. The first-order chi connectivity index (χ1) is 17.4. The first-order valence-electron chi connectivity index (χ1n) is 11.1. The summed E-state index contributed by atoms with van der Waals surface area (Å²) in [6.45, 7) is 0.392. The highest BCUT2D eigenvalue weighted by Gasteiger charge is 2.16. The van der Waals surface area contributed by atoms with Crippen LogP contribution in [0.5, 0.6) is 28.7 Å². The molecule has 0 saturated heterocycles. The molecule has 0 radical (unpaired) electrons. The largest absolute Gasteiger partial charge is 0.496 e. The van der Waals surface area contributed by atoms with Gasteiger partial charge in [0, 0.05) is 30.4 Å². The molecule has 0 aliphatic rings. The second kappa shape index (κ2) is 12.3. The second-order valence-corrected chi connectivity index (χ2v) is 7.58. The normalized spacial score (nSPS) is 10.6. The molecule has 4 N–H and O–H groups in total. The van der Waals surface area contributed by atoms with Crippen LogP contribution in [0.3, 0.4) is 0 Å². The summed E-state index contributed by atoms with van der Waals surface area (Å²) in [5, 5.41) is 6.11. The zero-order valence-electron chi connectivity index (χ0n) is 21.0. The number of nitrogen functional groups attached to an aromatic ring is 1. The summed E-state index contributed by atoms with van der Waals surface area (Å²) in [7, 11) is 7.84. The lowest BCUT2D eigenvalue weighted by atomic mass is 10.1. The van der Waals surface area contributed by atoms with Crippen molar-refractivity contribution < 1.29 is 28.5 Å². The molecular weight excluding hydrogens is 462 g/mol. The maximum absolute atomic E-state index is 12.4. The molecule has 9 heteroatoms. The first-order valence-corrected chi connectivity index (χ1v) is 11.1. The van der Waals surface area contributed by atoms with E-state index in [1.165, 1.54) is 6.08 Å². The van der Waals surface area contributed by atoms with Crippen LogP contribution in [-0.4, -0.2) is 41.5 Å². The third-order valence-corrected chi connectivity index (χ3v) is 5.41. The van der Waals surface area contributed by atoms with Crippen molar-refractivity contribution in [2.45, 2.75) is 6.54 Å². The van der Waals surface area contributed by atoms with Crippen molar-refractivity contribution in [2.24, 2.45) is 0 Å². The average Bonchev–Trinajstić information content (AvgIpc) is 2.90. The topological polar surface area (TPSA) is 113 Å². The molecule has 36 heavy (non-hydrogen) atoms. The van der Waals surface area contributed by atoms with E-state index in [4.69, 9.17) is 29.4 Å². The van der Waals surface area contributed by atoms with Gasteiger partial charge in [-0.1, -0.05) is 12.1 Å². The fraction of sp³-hybridized carbons (Fsp3) is 0.222. The number of benzene rings is 3. The van der Waals surface area contributed by atoms with Gasteiger partial charge in [0.05, 0.1) is 52.5 Å². The van der Waals surface area contributed by atoms with E-state index in [2.05, 4.69) is 10.6 Å². The molecule has 0 aromatic heterocycles. The Kier molecular flexibility index (Phi) is 8.88. The van der Waals surface area contributed by atoms with Crippen molar-refractivity contribution in [3.63, 3.8) is 0 Å². The van der Waals surface area contributed by atoms with E-state index >= 15 is 0 Å². The van der Waals surface area contributed by atoms with Crippen LogP contribution in [0.4, 0.5) is 17.1 Å². The zero-order valence-corrected chi connectivity index (χ0v) is 21.0. The molecule has 0 saturated carbocycles.